The number of carbonyl (C=O) groups excluding carboxylic acids is 1. The van der Waals surface area contributed by atoms with Crippen LogP contribution in [0.25, 0.3) is 0 Å². The summed E-state index contributed by atoms with van der Waals surface area (Å²) >= 11 is 0. The Hall–Kier alpha value is -1.36. The van der Waals surface area contributed by atoms with Crippen LogP contribution < -0.4 is 11.1 Å². The third-order valence-corrected chi connectivity index (χ3v) is 3.43. The van der Waals surface area contributed by atoms with Gasteiger partial charge in [0.1, 0.15) is 0 Å². The molecule has 0 aliphatic rings. The van der Waals surface area contributed by atoms with E-state index < -0.39 is 5.41 Å². The van der Waals surface area contributed by atoms with Crippen LogP contribution in [0.2, 0.25) is 0 Å². The van der Waals surface area contributed by atoms with Gasteiger partial charge in [0, 0.05) is 25.5 Å². The van der Waals surface area contributed by atoms with E-state index in [1.165, 1.54) is 0 Å². The van der Waals surface area contributed by atoms with Crippen molar-refractivity contribution in [1.82, 2.24) is 14.9 Å². The van der Waals surface area contributed by atoms with E-state index in [0.29, 0.717) is 13.1 Å². The SMILES string of the molecule is CC(C)(CN)C(=O)NC(Cn1ccnc1)C(C)(C)C. The van der Waals surface area contributed by atoms with Crippen molar-refractivity contribution in [2.45, 2.75) is 47.2 Å². The number of rotatable bonds is 5. The number of nitrogens with zero attached hydrogens (tertiary/aromatic N) is 2. The van der Waals surface area contributed by atoms with E-state index >= 15 is 0 Å². The highest BCUT2D eigenvalue weighted by Gasteiger charge is 2.32. The number of hydrogen-bond acceptors (Lipinski definition) is 3. The number of hydrogen-bond donors (Lipinski definition) is 2. The molecule has 1 aromatic rings. The van der Waals surface area contributed by atoms with Crippen molar-refractivity contribution in [2.24, 2.45) is 16.6 Å². The molecule has 0 aliphatic heterocycles. The maximum Gasteiger partial charge on any atom is 0.227 e. The van der Waals surface area contributed by atoms with Crippen molar-refractivity contribution >= 4 is 5.91 Å². The van der Waals surface area contributed by atoms with E-state index in [0.717, 1.165) is 0 Å². The predicted molar refractivity (Wildman–Crippen MR) is 76.4 cm³/mol. The summed E-state index contributed by atoms with van der Waals surface area (Å²) in [7, 11) is 0. The van der Waals surface area contributed by atoms with Crippen LogP contribution in [-0.2, 0) is 11.3 Å². The molecule has 0 saturated heterocycles. The third kappa shape index (κ3) is 4.35. The molecule has 19 heavy (non-hydrogen) atoms. The Morgan fingerprint density at radius 1 is 1.37 bits per heavy atom. The fourth-order valence-corrected chi connectivity index (χ4v) is 1.59. The van der Waals surface area contributed by atoms with E-state index in [2.05, 4.69) is 31.1 Å². The molecule has 0 aromatic carbocycles. The summed E-state index contributed by atoms with van der Waals surface area (Å²) in [6.07, 6.45) is 5.41. The molecule has 1 amide bonds. The number of imidazole rings is 1. The fraction of sp³-hybridized carbons (Fsp3) is 0.714. The van der Waals surface area contributed by atoms with Crippen LogP contribution in [0.4, 0.5) is 0 Å². The standard InChI is InChI=1S/C14H26N4O/c1-13(2,3)11(8-18-7-6-16-10-18)17-12(19)14(4,5)9-15/h6-7,10-11H,8-9,15H2,1-5H3,(H,17,19). The summed E-state index contributed by atoms with van der Waals surface area (Å²) in [6, 6.07) is 0.0278. The number of carbonyl (C=O) groups is 1. The molecule has 1 unspecified atom stereocenters. The zero-order chi connectivity index (χ0) is 14.7. The smallest absolute Gasteiger partial charge is 0.227 e. The molecule has 0 fully saturated rings. The zero-order valence-electron chi connectivity index (χ0n) is 12.6. The average Bonchev–Trinajstić information content (AvgIpc) is 2.79. The first-order valence-corrected chi connectivity index (χ1v) is 6.63. The quantitative estimate of drug-likeness (QED) is 0.846. The maximum atomic E-state index is 12.3. The van der Waals surface area contributed by atoms with Crippen LogP contribution in [0.1, 0.15) is 34.6 Å². The largest absolute Gasteiger partial charge is 0.351 e. The van der Waals surface area contributed by atoms with Gasteiger partial charge in [-0.3, -0.25) is 4.79 Å². The van der Waals surface area contributed by atoms with Crippen molar-refractivity contribution in [3.05, 3.63) is 18.7 Å². The molecule has 3 N–H and O–H groups in total. The molecule has 108 valence electrons. The van der Waals surface area contributed by atoms with E-state index in [-0.39, 0.29) is 17.4 Å². The molecule has 1 aromatic heterocycles. The third-order valence-electron chi connectivity index (χ3n) is 3.43. The molecule has 0 radical (unpaired) electrons. The second kappa shape index (κ2) is 5.74. The molecule has 0 bridgehead atoms. The highest BCUT2D eigenvalue weighted by Crippen LogP contribution is 2.23. The summed E-state index contributed by atoms with van der Waals surface area (Å²) < 4.78 is 1.98. The minimum Gasteiger partial charge on any atom is -0.351 e. The number of nitrogens with one attached hydrogen (secondary N) is 1. The molecule has 5 heteroatoms. The van der Waals surface area contributed by atoms with E-state index in [9.17, 15) is 4.79 Å². The first kappa shape index (κ1) is 15.7. The van der Waals surface area contributed by atoms with Crippen LogP contribution >= 0.6 is 0 Å². The second-order valence-electron chi connectivity index (χ2n) is 6.74. The number of nitrogens with two attached hydrogens (primary N) is 1. The van der Waals surface area contributed by atoms with Crippen molar-refractivity contribution in [3.63, 3.8) is 0 Å². The van der Waals surface area contributed by atoms with E-state index in [1.54, 1.807) is 12.5 Å². The Morgan fingerprint density at radius 2 is 2.00 bits per heavy atom. The maximum absolute atomic E-state index is 12.3. The van der Waals surface area contributed by atoms with Gasteiger partial charge in [0.25, 0.3) is 0 Å². The number of amides is 1. The fourth-order valence-electron chi connectivity index (χ4n) is 1.59. The lowest BCUT2D eigenvalue weighted by molar-refractivity contribution is -0.130. The summed E-state index contributed by atoms with van der Waals surface area (Å²) in [5, 5.41) is 3.12. The summed E-state index contributed by atoms with van der Waals surface area (Å²) in [5.74, 6) is -0.00459. The molecule has 5 nitrogen and oxygen atoms in total. The minimum atomic E-state index is -0.543. The molecule has 1 heterocycles. The Labute approximate surface area is 115 Å². The summed E-state index contributed by atoms with van der Waals surface area (Å²) in [6.45, 7) is 11.1. The van der Waals surface area contributed by atoms with Crippen molar-refractivity contribution in [2.75, 3.05) is 6.54 Å². The van der Waals surface area contributed by atoms with Crippen LogP contribution in [0.15, 0.2) is 18.7 Å². The predicted octanol–water partition coefficient (Wildman–Crippen LogP) is 1.40. The molecule has 1 atom stereocenters. The van der Waals surface area contributed by atoms with E-state index in [4.69, 9.17) is 5.73 Å². The lowest BCUT2D eigenvalue weighted by atomic mass is 9.84. The van der Waals surface area contributed by atoms with Gasteiger partial charge >= 0.3 is 0 Å². The first-order chi connectivity index (χ1) is 8.66. The molecule has 1 rings (SSSR count). The van der Waals surface area contributed by atoms with Crippen molar-refractivity contribution < 1.29 is 4.79 Å². The van der Waals surface area contributed by atoms with Crippen molar-refractivity contribution in [3.8, 4) is 0 Å². The molecular weight excluding hydrogens is 240 g/mol. The van der Waals surface area contributed by atoms with Gasteiger partial charge in [-0.05, 0) is 19.3 Å². The van der Waals surface area contributed by atoms with Gasteiger partial charge in [0.05, 0.1) is 17.8 Å². The van der Waals surface area contributed by atoms with Gasteiger partial charge in [-0.25, -0.2) is 4.98 Å². The van der Waals surface area contributed by atoms with Crippen LogP contribution in [0, 0.1) is 10.8 Å². The topological polar surface area (TPSA) is 72.9 Å². The Bertz CT molecular complexity index is 404. The Balaban J connectivity index is 2.79. The molecule has 0 spiro atoms. The zero-order valence-corrected chi connectivity index (χ0v) is 12.6. The number of aromatic nitrogens is 2. The van der Waals surface area contributed by atoms with Crippen LogP contribution in [0.3, 0.4) is 0 Å². The van der Waals surface area contributed by atoms with Gasteiger partial charge < -0.3 is 15.6 Å². The van der Waals surface area contributed by atoms with Crippen molar-refractivity contribution in [1.29, 1.82) is 0 Å². The van der Waals surface area contributed by atoms with Gasteiger partial charge in [-0.1, -0.05) is 20.8 Å². The molecule has 0 aliphatic carbocycles. The monoisotopic (exact) mass is 266 g/mol. The highest BCUT2D eigenvalue weighted by molar-refractivity contribution is 5.82. The van der Waals surface area contributed by atoms with E-state index in [1.807, 2.05) is 24.6 Å². The molecular formula is C14H26N4O. The van der Waals surface area contributed by atoms with Crippen LogP contribution in [-0.4, -0.2) is 28.0 Å². The normalized spacial score (nSPS) is 14.2. The van der Waals surface area contributed by atoms with Crippen LogP contribution in [0.5, 0.6) is 0 Å². The summed E-state index contributed by atoms with van der Waals surface area (Å²) in [5.41, 5.74) is 5.07. The Morgan fingerprint density at radius 3 is 2.42 bits per heavy atom. The summed E-state index contributed by atoms with van der Waals surface area (Å²) in [4.78, 5) is 16.3. The van der Waals surface area contributed by atoms with Gasteiger partial charge in [-0.15, -0.1) is 0 Å². The highest BCUT2D eigenvalue weighted by atomic mass is 16.2. The first-order valence-electron chi connectivity index (χ1n) is 6.63. The minimum absolute atomic E-state index is 0.00459. The lowest BCUT2D eigenvalue weighted by Gasteiger charge is -2.34. The van der Waals surface area contributed by atoms with Gasteiger partial charge in [-0.2, -0.15) is 0 Å². The van der Waals surface area contributed by atoms with Gasteiger partial charge in [0.2, 0.25) is 5.91 Å². The Kier molecular flexibility index (Phi) is 4.74. The second-order valence-corrected chi connectivity index (χ2v) is 6.74. The lowest BCUT2D eigenvalue weighted by Crippen LogP contribution is -2.52. The van der Waals surface area contributed by atoms with Gasteiger partial charge in [0.15, 0.2) is 0 Å². The molecule has 0 saturated carbocycles. The average molecular weight is 266 g/mol.